The number of aliphatic hydroxyl groups excluding tert-OH is 1. The number of carbonyl (C=O) groups is 3. The molecule has 0 aromatic rings. The van der Waals surface area contributed by atoms with Gasteiger partial charge in [0.1, 0.15) is 24.4 Å². The molecule has 4 rings (SSSR count). The molecule has 7 atom stereocenters. The predicted octanol–water partition coefficient (Wildman–Crippen LogP) is 1.04. The first-order valence-corrected chi connectivity index (χ1v) is 8.76. The Bertz CT molecular complexity index is 768. The second-order valence-corrected chi connectivity index (χ2v) is 7.40. The van der Waals surface area contributed by atoms with Crippen LogP contribution in [-0.2, 0) is 28.5 Å². The minimum absolute atomic E-state index is 0.0874. The summed E-state index contributed by atoms with van der Waals surface area (Å²) in [6, 6.07) is 0. The standard InChI is InChI=1S/C19H20O8/c1-7-4-11(24-17(21)8(2)6-20)13-9(3)18(22)26-16(13)14-10(7)5-12-15(14)27-19(23)25-12/h10-16,20H,1-6H2/t10-,11-,12-,13+,14+,15-,16-/m0/s1. The number of aliphatic hydroxyl groups is 1. The van der Waals surface area contributed by atoms with Gasteiger partial charge >= 0.3 is 18.1 Å². The molecule has 0 amide bonds. The largest absolute Gasteiger partial charge is 0.509 e. The van der Waals surface area contributed by atoms with Crippen LogP contribution in [-0.4, -0.2) is 54.2 Å². The van der Waals surface area contributed by atoms with Crippen molar-refractivity contribution in [3.8, 4) is 0 Å². The number of ether oxygens (including phenoxy) is 4. The summed E-state index contributed by atoms with van der Waals surface area (Å²) in [5.41, 5.74) is 0.921. The van der Waals surface area contributed by atoms with Crippen molar-refractivity contribution in [2.75, 3.05) is 6.61 Å². The second kappa shape index (κ2) is 6.23. The highest BCUT2D eigenvalue weighted by molar-refractivity contribution is 5.92. The van der Waals surface area contributed by atoms with E-state index < -0.39 is 55.0 Å². The van der Waals surface area contributed by atoms with Crippen molar-refractivity contribution in [2.45, 2.75) is 37.3 Å². The molecule has 0 spiro atoms. The quantitative estimate of drug-likeness (QED) is 0.337. The minimum atomic E-state index is -0.748. The lowest BCUT2D eigenvalue weighted by atomic mass is 9.81. The molecular weight excluding hydrogens is 356 g/mol. The van der Waals surface area contributed by atoms with E-state index in [4.69, 9.17) is 24.1 Å². The third kappa shape index (κ3) is 2.66. The van der Waals surface area contributed by atoms with Crippen LogP contribution in [0.2, 0.25) is 0 Å². The predicted molar refractivity (Wildman–Crippen MR) is 89.1 cm³/mol. The zero-order valence-corrected chi connectivity index (χ0v) is 14.6. The maximum atomic E-state index is 12.2. The minimum Gasteiger partial charge on any atom is -0.458 e. The van der Waals surface area contributed by atoms with Crippen LogP contribution in [0.5, 0.6) is 0 Å². The molecule has 2 saturated heterocycles. The van der Waals surface area contributed by atoms with Crippen LogP contribution < -0.4 is 0 Å². The van der Waals surface area contributed by atoms with Gasteiger partial charge in [-0.2, -0.15) is 0 Å². The van der Waals surface area contributed by atoms with Gasteiger partial charge in [0.15, 0.2) is 0 Å². The maximum absolute atomic E-state index is 12.2. The lowest BCUT2D eigenvalue weighted by Crippen LogP contribution is -2.40. The molecule has 1 N–H and O–H groups in total. The monoisotopic (exact) mass is 376 g/mol. The Balaban J connectivity index is 1.68. The second-order valence-electron chi connectivity index (χ2n) is 7.40. The van der Waals surface area contributed by atoms with Gasteiger partial charge in [0.2, 0.25) is 0 Å². The van der Waals surface area contributed by atoms with Crippen molar-refractivity contribution in [2.24, 2.45) is 17.8 Å². The van der Waals surface area contributed by atoms with E-state index in [0.29, 0.717) is 12.8 Å². The first-order valence-electron chi connectivity index (χ1n) is 8.76. The van der Waals surface area contributed by atoms with Crippen LogP contribution >= 0.6 is 0 Å². The van der Waals surface area contributed by atoms with Gasteiger partial charge < -0.3 is 24.1 Å². The molecule has 2 aliphatic carbocycles. The van der Waals surface area contributed by atoms with E-state index >= 15 is 0 Å². The van der Waals surface area contributed by atoms with Crippen molar-refractivity contribution >= 4 is 18.1 Å². The fourth-order valence-corrected chi connectivity index (χ4v) is 4.70. The van der Waals surface area contributed by atoms with Crippen molar-refractivity contribution in [3.05, 3.63) is 36.5 Å². The summed E-state index contributed by atoms with van der Waals surface area (Å²) >= 11 is 0. The Morgan fingerprint density at radius 3 is 2.63 bits per heavy atom. The van der Waals surface area contributed by atoms with Gasteiger partial charge in [-0.1, -0.05) is 25.3 Å². The first kappa shape index (κ1) is 17.8. The summed E-state index contributed by atoms with van der Waals surface area (Å²) in [7, 11) is 0. The van der Waals surface area contributed by atoms with E-state index in [1.54, 1.807) is 0 Å². The first-order chi connectivity index (χ1) is 12.8. The van der Waals surface area contributed by atoms with Crippen LogP contribution in [0, 0.1) is 17.8 Å². The Kier molecular flexibility index (Phi) is 4.10. The zero-order chi connectivity index (χ0) is 19.5. The fraction of sp³-hybridized carbons (Fsp3) is 0.526. The van der Waals surface area contributed by atoms with Crippen molar-refractivity contribution in [3.63, 3.8) is 0 Å². The number of esters is 2. The van der Waals surface area contributed by atoms with Gasteiger partial charge in [0.25, 0.3) is 0 Å². The molecule has 144 valence electrons. The number of hydrogen-bond acceptors (Lipinski definition) is 8. The van der Waals surface area contributed by atoms with E-state index in [9.17, 15) is 14.4 Å². The number of hydrogen-bond donors (Lipinski definition) is 1. The molecule has 0 aromatic heterocycles. The van der Waals surface area contributed by atoms with Crippen molar-refractivity contribution in [1.82, 2.24) is 0 Å². The van der Waals surface area contributed by atoms with Crippen molar-refractivity contribution in [1.29, 1.82) is 0 Å². The highest BCUT2D eigenvalue weighted by Gasteiger charge is 2.62. The average molecular weight is 376 g/mol. The Morgan fingerprint density at radius 1 is 1.19 bits per heavy atom. The van der Waals surface area contributed by atoms with Crippen LogP contribution in [0.3, 0.4) is 0 Å². The number of carbonyl (C=O) groups excluding carboxylic acids is 3. The van der Waals surface area contributed by atoms with Crippen LogP contribution in [0.1, 0.15) is 12.8 Å². The van der Waals surface area contributed by atoms with Gasteiger partial charge in [-0.15, -0.1) is 0 Å². The van der Waals surface area contributed by atoms with E-state index in [0.717, 1.165) is 5.57 Å². The van der Waals surface area contributed by atoms with E-state index in [-0.39, 0.29) is 23.0 Å². The molecule has 2 aliphatic heterocycles. The topological polar surface area (TPSA) is 108 Å². The molecule has 0 radical (unpaired) electrons. The summed E-state index contributed by atoms with van der Waals surface area (Å²) in [6.45, 7) is 10.9. The van der Waals surface area contributed by atoms with Gasteiger partial charge in [0.05, 0.1) is 18.1 Å². The molecule has 2 heterocycles. The molecule has 8 heteroatoms. The summed E-state index contributed by atoms with van der Waals surface area (Å²) in [4.78, 5) is 35.9. The maximum Gasteiger partial charge on any atom is 0.509 e. The van der Waals surface area contributed by atoms with E-state index in [2.05, 4.69) is 19.7 Å². The molecule has 0 bridgehead atoms. The summed E-state index contributed by atoms with van der Waals surface area (Å²) in [5, 5.41) is 9.11. The Hall–Kier alpha value is -2.61. The van der Waals surface area contributed by atoms with E-state index in [1.165, 1.54) is 0 Å². The smallest absolute Gasteiger partial charge is 0.458 e. The number of fused-ring (bicyclic) bond motifs is 5. The van der Waals surface area contributed by atoms with Crippen LogP contribution in [0.25, 0.3) is 0 Å². The Labute approximate surface area is 155 Å². The summed E-state index contributed by atoms with van der Waals surface area (Å²) < 4.78 is 21.7. The fourth-order valence-electron chi connectivity index (χ4n) is 4.70. The molecule has 4 fully saturated rings. The zero-order valence-electron chi connectivity index (χ0n) is 14.6. The molecule has 27 heavy (non-hydrogen) atoms. The van der Waals surface area contributed by atoms with Crippen LogP contribution in [0.15, 0.2) is 36.5 Å². The molecule has 8 nitrogen and oxygen atoms in total. The highest BCUT2D eigenvalue weighted by Crippen LogP contribution is 2.53. The third-order valence-corrected chi connectivity index (χ3v) is 5.94. The molecule has 2 saturated carbocycles. The molecular formula is C19H20O8. The highest BCUT2D eigenvalue weighted by atomic mass is 16.8. The molecule has 0 unspecified atom stereocenters. The lowest BCUT2D eigenvalue weighted by molar-refractivity contribution is -0.149. The molecule has 0 aromatic carbocycles. The van der Waals surface area contributed by atoms with Crippen molar-refractivity contribution < 1.29 is 38.4 Å². The summed E-state index contributed by atoms with van der Waals surface area (Å²) in [6.07, 6.45) is -2.29. The van der Waals surface area contributed by atoms with Gasteiger partial charge in [0, 0.05) is 17.9 Å². The SMILES string of the molecule is C=C(CO)C(=O)O[C@H]1CC(=C)[C@@H]2C[C@@H]3OC(=O)O[C@@H]3[C@@H]2[C@H]2OC(=O)C(=C)[C@@H]21. The third-order valence-electron chi connectivity index (χ3n) is 5.94. The normalized spacial score (nSPS) is 39.5. The summed E-state index contributed by atoms with van der Waals surface area (Å²) in [5.74, 6) is -2.36. The van der Waals surface area contributed by atoms with Gasteiger partial charge in [-0.25, -0.2) is 14.4 Å². The lowest BCUT2D eigenvalue weighted by Gasteiger charge is -2.29. The van der Waals surface area contributed by atoms with Gasteiger partial charge in [-0.3, -0.25) is 0 Å². The van der Waals surface area contributed by atoms with E-state index in [1.807, 2.05) is 0 Å². The number of rotatable bonds is 3. The average Bonchev–Trinajstić information content (AvgIpc) is 3.21. The van der Waals surface area contributed by atoms with Gasteiger partial charge in [-0.05, 0) is 12.3 Å². The van der Waals surface area contributed by atoms with Crippen LogP contribution in [0.4, 0.5) is 4.79 Å². The Morgan fingerprint density at radius 2 is 1.93 bits per heavy atom. The molecule has 4 aliphatic rings.